The van der Waals surface area contributed by atoms with Crippen molar-refractivity contribution in [2.45, 2.75) is 13.0 Å². The number of methoxy groups -OCH3 is 1. The van der Waals surface area contributed by atoms with Crippen LogP contribution in [0, 0.1) is 0 Å². The first kappa shape index (κ1) is 20.4. The van der Waals surface area contributed by atoms with Gasteiger partial charge in [0.25, 0.3) is 0 Å². The zero-order chi connectivity index (χ0) is 21.6. The molecule has 0 saturated heterocycles. The molecule has 0 heterocycles. The predicted octanol–water partition coefficient (Wildman–Crippen LogP) is 3.98. The third kappa shape index (κ3) is 5.01. The van der Waals surface area contributed by atoms with Crippen molar-refractivity contribution in [3.8, 4) is 5.75 Å². The number of carbonyl (C=O) groups is 2. The van der Waals surface area contributed by atoms with Gasteiger partial charge in [0, 0.05) is 6.54 Å². The summed E-state index contributed by atoms with van der Waals surface area (Å²) in [6.45, 7) is 0.356. The molecule has 0 aromatic heterocycles. The molecule has 5 heteroatoms. The molecule has 0 bridgehead atoms. The van der Waals surface area contributed by atoms with Gasteiger partial charge in [0.05, 0.1) is 20.1 Å². The van der Waals surface area contributed by atoms with Crippen molar-refractivity contribution < 1.29 is 14.3 Å². The summed E-state index contributed by atoms with van der Waals surface area (Å²) >= 11 is 0. The van der Waals surface area contributed by atoms with Crippen molar-refractivity contribution in [2.75, 3.05) is 13.7 Å². The number of hydrogen-bond donors (Lipinski definition) is 2. The van der Waals surface area contributed by atoms with Crippen LogP contribution >= 0.6 is 0 Å². The highest BCUT2D eigenvalue weighted by molar-refractivity contribution is 5.91. The maximum Gasteiger partial charge on any atom is 0.239 e. The first-order valence-corrected chi connectivity index (χ1v) is 10.2. The molecule has 0 unspecified atom stereocenters. The van der Waals surface area contributed by atoms with Crippen molar-refractivity contribution in [2.24, 2.45) is 0 Å². The van der Waals surface area contributed by atoms with Crippen LogP contribution in [-0.4, -0.2) is 25.5 Å². The van der Waals surface area contributed by atoms with Crippen molar-refractivity contribution in [3.05, 3.63) is 90.0 Å². The summed E-state index contributed by atoms with van der Waals surface area (Å²) in [6, 6.07) is 25.8. The maximum atomic E-state index is 12.3. The van der Waals surface area contributed by atoms with Crippen LogP contribution in [0.1, 0.15) is 11.1 Å². The molecule has 31 heavy (non-hydrogen) atoms. The summed E-state index contributed by atoms with van der Waals surface area (Å²) in [4.78, 5) is 24.5. The molecule has 156 valence electrons. The van der Waals surface area contributed by atoms with Gasteiger partial charge in [0.1, 0.15) is 5.75 Å². The number of rotatable bonds is 7. The molecule has 0 aliphatic rings. The molecule has 4 aromatic carbocycles. The van der Waals surface area contributed by atoms with Crippen molar-refractivity contribution in [1.82, 2.24) is 10.6 Å². The van der Waals surface area contributed by atoms with E-state index in [4.69, 9.17) is 4.74 Å². The SMILES string of the molecule is COc1ccc2cc(CNC(=O)CNC(=O)Cc3cccc4ccccc34)ccc2c1. The summed E-state index contributed by atoms with van der Waals surface area (Å²) in [6.07, 6.45) is 0.239. The second-order valence-corrected chi connectivity index (χ2v) is 7.42. The van der Waals surface area contributed by atoms with E-state index in [1.54, 1.807) is 7.11 Å². The van der Waals surface area contributed by atoms with Gasteiger partial charge in [-0.1, -0.05) is 60.7 Å². The average Bonchev–Trinajstić information content (AvgIpc) is 2.81. The van der Waals surface area contributed by atoms with Gasteiger partial charge in [-0.3, -0.25) is 9.59 Å². The van der Waals surface area contributed by atoms with E-state index in [-0.39, 0.29) is 24.8 Å². The third-order valence-electron chi connectivity index (χ3n) is 5.28. The first-order valence-electron chi connectivity index (χ1n) is 10.2. The fraction of sp³-hybridized carbons (Fsp3) is 0.154. The molecule has 0 radical (unpaired) electrons. The molecule has 0 spiro atoms. The van der Waals surface area contributed by atoms with E-state index in [0.717, 1.165) is 38.4 Å². The number of ether oxygens (including phenoxy) is 1. The fourth-order valence-corrected chi connectivity index (χ4v) is 3.63. The summed E-state index contributed by atoms with van der Waals surface area (Å²) < 4.78 is 5.24. The van der Waals surface area contributed by atoms with Crippen LogP contribution in [0.4, 0.5) is 0 Å². The molecule has 0 saturated carbocycles. The van der Waals surface area contributed by atoms with Gasteiger partial charge in [-0.2, -0.15) is 0 Å². The van der Waals surface area contributed by atoms with E-state index in [1.165, 1.54) is 0 Å². The third-order valence-corrected chi connectivity index (χ3v) is 5.28. The van der Waals surface area contributed by atoms with Crippen LogP contribution in [0.3, 0.4) is 0 Å². The standard InChI is InChI=1S/C26H24N2O3/c1-31-23-12-11-20-13-18(9-10-21(20)14-23)16-27-26(30)17-28-25(29)15-22-7-4-6-19-5-2-3-8-24(19)22/h2-14H,15-17H2,1H3,(H,27,30)(H,28,29). The van der Waals surface area contributed by atoms with Gasteiger partial charge >= 0.3 is 0 Å². The number of nitrogens with one attached hydrogen (secondary N) is 2. The zero-order valence-electron chi connectivity index (χ0n) is 17.4. The molecular formula is C26H24N2O3. The van der Waals surface area contributed by atoms with E-state index in [9.17, 15) is 9.59 Å². The Bertz CT molecular complexity index is 1240. The van der Waals surface area contributed by atoms with Crippen molar-refractivity contribution in [1.29, 1.82) is 0 Å². The Morgan fingerprint density at radius 2 is 1.55 bits per heavy atom. The molecule has 0 atom stereocenters. The first-order chi connectivity index (χ1) is 15.1. The van der Waals surface area contributed by atoms with Crippen LogP contribution < -0.4 is 15.4 Å². The lowest BCUT2D eigenvalue weighted by Crippen LogP contribution is -2.37. The van der Waals surface area contributed by atoms with E-state index in [2.05, 4.69) is 10.6 Å². The lowest BCUT2D eigenvalue weighted by Gasteiger charge is -2.09. The zero-order valence-corrected chi connectivity index (χ0v) is 17.4. The van der Waals surface area contributed by atoms with Crippen LogP contribution in [0.5, 0.6) is 5.75 Å². The minimum atomic E-state index is -0.221. The number of fused-ring (bicyclic) bond motifs is 2. The van der Waals surface area contributed by atoms with Gasteiger partial charge in [0.15, 0.2) is 0 Å². The Hall–Kier alpha value is -3.86. The summed E-state index contributed by atoms with van der Waals surface area (Å²) in [5.74, 6) is 0.417. The Morgan fingerprint density at radius 3 is 2.42 bits per heavy atom. The Kier molecular flexibility index (Phi) is 6.13. The molecule has 2 N–H and O–H groups in total. The maximum absolute atomic E-state index is 12.3. The van der Waals surface area contributed by atoms with E-state index in [0.29, 0.717) is 6.54 Å². The molecule has 4 aromatic rings. The average molecular weight is 412 g/mol. The number of carbonyl (C=O) groups excluding carboxylic acids is 2. The highest BCUT2D eigenvalue weighted by atomic mass is 16.5. The highest BCUT2D eigenvalue weighted by Gasteiger charge is 2.09. The second kappa shape index (κ2) is 9.30. The highest BCUT2D eigenvalue weighted by Crippen LogP contribution is 2.22. The van der Waals surface area contributed by atoms with Gasteiger partial charge in [-0.25, -0.2) is 0 Å². The monoisotopic (exact) mass is 412 g/mol. The summed E-state index contributed by atoms with van der Waals surface area (Å²) in [5, 5.41) is 9.88. The minimum absolute atomic E-state index is 0.0472. The topological polar surface area (TPSA) is 67.4 Å². The molecule has 0 aliphatic heterocycles. The number of benzene rings is 4. The van der Waals surface area contributed by atoms with Crippen LogP contribution in [0.2, 0.25) is 0 Å². The molecule has 5 nitrogen and oxygen atoms in total. The largest absolute Gasteiger partial charge is 0.497 e. The van der Waals surface area contributed by atoms with Crippen LogP contribution in [0.25, 0.3) is 21.5 Å². The Balaban J connectivity index is 1.29. The van der Waals surface area contributed by atoms with Gasteiger partial charge in [-0.15, -0.1) is 0 Å². The van der Waals surface area contributed by atoms with Crippen molar-refractivity contribution >= 4 is 33.4 Å². The van der Waals surface area contributed by atoms with Gasteiger partial charge in [0.2, 0.25) is 11.8 Å². The van der Waals surface area contributed by atoms with Crippen molar-refractivity contribution in [3.63, 3.8) is 0 Å². The van der Waals surface area contributed by atoms with E-state index >= 15 is 0 Å². The molecule has 0 aliphatic carbocycles. The Labute approximate surface area is 181 Å². The number of amides is 2. The predicted molar refractivity (Wildman–Crippen MR) is 123 cm³/mol. The molecular weight excluding hydrogens is 388 g/mol. The Morgan fingerprint density at radius 1 is 0.774 bits per heavy atom. The van der Waals surface area contributed by atoms with Gasteiger partial charge < -0.3 is 15.4 Å². The number of hydrogen-bond acceptors (Lipinski definition) is 3. The van der Waals surface area contributed by atoms with E-state index < -0.39 is 0 Å². The molecule has 0 fully saturated rings. The quantitative estimate of drug-likeness (QED) is 0.483. The summed E-state index contributed by atoms with van der Waals surface area (Å²) in [7, 11) is 1.64. The second-order valence-electron chi connectivity index (χ2n) is 7.42. The van der Waals surface area contributed by atoms with E-state index in [1.807, 2.05) is 78.9 Å². The van der Waals surface area contributed by atoms with Crippen LogP contribution in [-0.2, 0) is 22.6 Å². The smallest absolute Gasteiger partial charge is 0.239 e. The summed E-state index contributed by atoms with van der Waals surface area (Å²) in [5.41, 5.74) is 1.94. The molecule has 4 rings (SSSR count). The lowest BCUT2D eigenvalue weighted by atomic mass is 10.0. The lowest BCUT2D eigenvalue weighted by molar-refractivity contribution is -0.125. The fourth-order valence-electron chi connectivity index (χ4n) is 3.63. The van der Waals surface area contributed by atoms with Gasteiger partial charge in [-0.05, 0) is 50.9 Å². The molecule has 2 amide bonds. The minimum Gasteiger partial charge on any atom is -0.497 e. The van der Waals surface area contributed by atoms with Crippen LogP contribution in [0.15, 0.2) is 78.9 Å². The normalized spacial score (nSPS) is 10.7.